The van der Waals surface area contributed by atoms with Gasteiger partial charge < -0.3 is 9.84 Å². The predicted molar refractivity (Wildman–Crippen MR) is 65.1 cm³/mol. The second-order valence-electron chi connectivity index (χ2n) is 4.58. The second-order valence-corrected chi connectivity index (χ2v) is 4.58. The number of hydrogen-bond donors (Lipinski definition) is 1. The maximum absolute atomic E-state index is 11.6. The van der Waals surface area contributed by atoms with E-state index in [0.717, 1.165) is 29.5 Å². The molecule has 1 N–H and O–H groups in total. The van der Waals surface area contributed by atoms with Crippen molar-refractivity contribution in [2.45, 2.75) is 38.7 Å². The zero-order valence-corrected chi connectivity index (χ0v) is 10.3. The Balaban J connectivity index is 2.57. The number of carbonyl (C=O) groups is 1. The van der Waals surface area contributed by atoms with Gasteiger partial charge in [-0.1, -0.05) is 23.8 Å². The van der Waals surface area contributed by atoms with Gasteiger partial charge in [0.15, 0.2) is 5.60 Å². The molecule has 3 nitrogen and oxygen atoms in total. The fourth-order valence-corrected chi connectivity index (χ4v) is 2.63. The third-order valence-electron chi connectivity index (χ3n) is 3.41. The van der Waals surface area contributed by atoms with Crippen LogP contribution in [0.3, 0.4) is 0 Å². The van der Waals surface area contributed by atoms with Gasteiger partial charge in [0.2, 0.25) is 0 Å². The van der Waals surface area contributed by atoms with Crippen molar-refractivity contribution in [1.29, 1.82) is 0 Å². The summed E-state index contributed by atoms with van der Waals surface area (Å²) in [6, 6.07) is 6.02. The van der Waals surface area contributed by atoms with E-state index in [1.54, 1.807) is 0 Å². The molecule has 1 aromatic rings. The van der Waals surface area contributed by atoms with Crippen LogP contribution in [0.5, 0.6) is 0 Å². The minimum Gasteiger partial charge on any atom is -0.479 e. The highest BCUT2D eigenvalue weighted by atomic mass is 16.5. The molecule has 0 aliphatic heterocycles. The Morgan fingerprint density at radius 3 is 2.94 bits per heavy atom. The van der Waals surface area contributed by atoms with Crippen LogP contribution in [-0.2, 0) is 21.6 Å². The van der Waals surface area contributed by atoms with Crippen LogP contribution in [0.15, 0.2) is 18.2 Å². The van der Waals surface area contributed by atoms with Crippen LogP contribution in [0.2, 0.25) is 0 Å². The van der Waals surface area contributed by atoms with E-state index < -0.39 is 11.6 Å². The third-order valence-corrected chi connectivity index (χ3v) is 3.41. The Labute approximate surface area is 101 Å². The van der Waals surface area contributed by atoms with Gasteiger partial charge in [0.25, 0.3) is 0 Å². The number of benzene rings is 1. The molecule has 2 rings (SSSR count). The Kier molecular flexibility index (Phi) is 3.20. The van der Waals surface area contributed by atoms with Crippen molar-refractivity contribution >= 4 is 5.97 Å². The van der Waals surface area contributed by atoms with E-state index in [4.69, 9.17) is 4.74 Å². The van der Waals surface area contributed by atoms with E-state index >= 15 is 0 Å². The normalized spacial score (nSPS) is 23.2. The van der Waals surface area contributed by atoms with Crippen LogP contribution >= 0.6 is 0 Å². The number of aryl methyl sites for hydroxylation is 2. The minimum absolute atomic E-state index is 0.416. The van der Waals surface area contributed by atoms with Crippen molar-refractivity contribution in [3.8, 4) is 0 Å². The molecule has 0 spiro atoms. The number of hydrogen-bond acceptors (Lipinski definition) is 2. The van der Waals surface area contributed by atoms with Crippen molar-refractivity contribution in [2.75, 3.05) is 6.61 Å². The number of carboxylic acid groups (broad SMARTS) is 1. The van der Waals surface area contributed by atoms with Gasteiger partial charge in [-0.15, -0.1) is 0 Å². The summed E-state index contributed by atoms with van der Waals surface area (Å²) < 4.78 is 5.61. The van der Waals surface area contributed by atoms with Crippen LogP contribution in [0, 0.1) is 6.92 Å². The second kappa shape index (κ2) is 4.49. The highest BCUT2D eigenvalue weighted by molar-refractivity contribution is 5.80. The lowest BCUT2D eigenvalue weighted by Gasteiger charge is -2.35. The van der Waals surface area contributed by atoms with E-state index in [-0.39, 0.29) is 0 Å². The quantitative estimate of drug-likeness (QED) is 0.874. The molecule has 0 heterocycles. The number of ether oxygens (including phenoxy) is 1. The van der Waals surface area contributed by atoms with Gasteiger partial charge >= 0.3 is 5.97 Å². The number of carboxylic acids is 1. The predicted octanol–water partition coefficient (Wildman–Crippen LogP) is 2.65. The molecule has 0 bridgehead atoms. The first-order valence-electron chi connectivity index (χ1n) is 6.07. The number of fused-ring (bicyclic) bond motifs is 1. The van der Waals surface area contributed by atoms with Crippen molar-refractivity contribution < 1.29 is 14.6 Å². The fourth-order valence-electron chi connectivity index (χ4n) is 2.63. The first-order chi connectivity index (χ1) is 8.10. The average Bonchev–Trinajstić information content (AvgIpc) is 2.30. The monoisotopic (exact) mass is 234 g/mol. The summed E-state index contributed by atoms with van der Waals surface area (Å²) in [7, 11) is 0. The van der Waals surface area contributed by atoms with Crippen LogP contribution < -0.4 is 0 Å². The fraction of sp³-hybridized carbons (Fsp3) is 0.500. The molecule has 0 radical (unpaired) electrons. The van der Waals surface area contributed by atoms with Gasteiger partial charge in [-0.3, -0.25) is 0 Å². The van der Waals surface area contributed by atoms with Gasteiger partial charge in [-0.05, 0) is 44.2 Å². The minimum atomic E-state index is -1.13. The molecule has 17 heavy (non-hydrogen) atoms. The molecular formula is C14H18O3. The van der Waals surface area contributed by atoms with Crippen LogP contribution in [0.25, 0.3) is 0 Å². The highest BCUT2D eigenvalue weighted by Crippen LogP contribution is 2.39. The van der Waals surface area contributed by atoms with Crippen molar-refractivity contribution in [3.63, 3.8) is 0 Å². The largest absolute Gasteiger partial charge is 0.479 e. The Morgan fingerprint density at radius 2 is 2.29 bits per heavy atom. The van der Waals surface area contributed by atoms with Crippen molar-refractivity contribution in [2.24, 2.45) is 0 Å². The molecule has 1 aromatic carbocycles. The summed E-state index contributed by atoms with van der Waals surface area (Å²) in [6.45, 7) is 4.24. The van der Waals surface area contributed by atoms with E-state index in [1.165, 1.54) is 0 Å². The van der Waals surface area contributed by atoms with Gasteiger partial charge in [0, 0.05) is 6.61 Å². The van der Waals surface area contributed by atoms with Gasteiger partial charge in [0.1, 0.15) is 0 Å². The maximum Gasteiger partial charge on any atom is 0.340 e. The standard InChI is InChI=1S/C14H18O3/c1-3-17-14(13(15)16)8-4-5-11-7-6-10(2)9-12(11)14/h6-7,9H,3-5,8H2,1-2H3,(H,15,16). The third kappa shape index (κ3) is 1.95. The van der Waals surface area contributed by atoms with Gasteiger partial charge in [-0.2, -0.15) is 0 Å². The SMILES string of the molecule is CCOC1(C(=O)O)CCCc2ccc(C)cc21. The van der Waals surface area contributed by atoms with Crippen LogP contribution in [-0.4, -0.2) is 17.7 Å². The van der Waals surface area contributed by atoms with Gasteiger partial charge in [0.05, 0.1) is 0 Å². The number of aliphatic carboxylic acids is 1. The molecule has 0 aromatic heterocycles. The summed E-state index contributed by atoms with van der Waals surface area (Å²) in [5.74, 6) is -0.870. The zero-order valence-electron chi connectivity index (χ0n) is 10.3. The lowest BCUT2D eigenvalue weighted by molar-refractivity contribution is -0.169. The zero-order chi connectivity index (χ0) is 12.5. The first-order valence-corrected chi connectivity index (χ1v) is 6.07. The molecule has 0 saturated carbocycles. The Hall–Kier alpha value is -1.35. The van der Waals surface area contributed by atoms with Crippen molar-refractivity contribution in [1.82, 2.24) is 0 Å². The van der Waals surface area contributed by atoms with Crippen molar-refractivity contribution in [3.05, 3.63) is 34.9 Å². The summed E-state index contributed by atoms with van der Waals surface area (Å²) in [5.41, 5.74) is 1.90. The highest BCUT2D eigenvalue weighted by Gasteiger charge is 2.44. The molecular weight excluding hydrogens is 216 g/mol. The van der Waals surface area contributed by atoms with Crippen LogP contribution in [0.4, 0.5) is 0 Å². The van der Waals surface area contributed by atoms with Gasteiger partial charge in [-0.25, -0.2) is 4.79 Å². The summed E-state index contributed by atoms with van der Waals surface area (Å²) >= 11 is 0. The smallest absolute Gasteiger partial charge is 0.340 e. The summed E-state index contributed by atoms with van der Waals surface area (Å²) in [5, 5.41) is 9.53. The first kappa shape index (κ1) is 12.1. The average molecular weight is 234 g/mol. The lowest BCUT2D eigenvalue weighted by atomic mass is 9.78. The lowest BCUT2D eigenvalue weighted by Crippen LogP contribution is -2.41. The number of rotatable bonds is 3. The molecule has 0 saturated heterocycles. The molecule has 0 amide bonds. The Bertz CT molecular complexity index is 439. The molecule has 1 aliphatic carbocycles. The maximum atomic E-state index is 11.6. The topological polar surface area (TPSA) is 46.5 Å². The summed E-state index contributed by atoms with van der Waals surface area (Å²) in [6.07, 6.45) is 2.37. The van der Waals surface area contributed by atoms with E-state index in [9.17, 15) is 9.90 Å². The van der Waals surface area contributed by atoms with E-state index in [2.05, 4.69) is 0 Å². The Morgan fingerprint density at radius 1 is 1.53 bits per heavy atom. The van der Waals surface area contributed by atoms with E-state index in [1.807, 2.05) is 32.0 Å². The molecule has 1 aliphatic rings. The molecule has 3 heteroatoms. The molecule has 92 valence electrons. The molecule has 1 atom stereocenters. The summed E-state index contributed by atoms with van der Waals surface area (Å²) in [4.78, 5) is 11.6. The molecule has 1 unspecified atom stereocenters. The van der Waals surface area contributed by atoms with E-state index in [0.29, 0.717) is 13.0 Å². The molecule has 0 fully saturated rings. The van der Waals surface area contributed by atoms with Crippen LogP contribution in [0.1, 0.15) is 36.5 Å².